The summed E-state index contributed by atoms with van der Waals surface area (Å²) >= 11 is 6.11. The summed E-state index contributed by atoms with van der Waals surface area (Å²) in [6.07, 6.45) is 0. The summed E-state index contributed by atoms with van der Waals surface area (Å²) in [7, 11) is 1.56. The molecule has 0 aromatic heterocycles. The van der Waals surface area contributed by atoms with E-state index in [-0.39, 0.29) is 25.2 Å². The average Bonchev–Trinajstić information content (AvgIpc) is 3.06. The molecule has 0 aliphatic carbocycles. The summed E-state index contributed by atoms with van der Waals surface area (Å²) in [6.45, 7) is 3.85. The van der Waals surface area contributed by atoms with Crippen molar-refractivity contribution in [1.29, 1.82) is 0 Å². The van der Waals surface area contributed by atoms with Crippen LogP contribution in [0.25, 0.3) is 0 Å². The highest BCUT2D eigenvalue weighted by molar-refractivity contribution is 6.32. The first-order valence-electron chi connectivity index (χ1n) is 8.07. The first kappa shape index (κ1) is 18.1. The largest absolute Gasteiger partial charge is 0.454 e. The molecule has 136 valence electrons. The Morgan fingerprint density at radius 3 is 2.73 bits per heavy atom. The summed E-state index contributed by atoms with van der Waals surface area (Å²) in [4.78, 5) is 26.2. The maximum absolute atomic E-state index is 12.6. The number of halogens is 1. The van der Waals surface area contributed by atoms with Crippen LogP contribution in [0, 0.1) is 13.8 Å². The molecule has 0 saturated heterocycles. The first-order chi connectivity index (χ1) is 12.3. The lowest BCUT2D eigenvalue weighted by molar-refractivity contribution is -0.116. The number of nitrogens with one attached hydrogen (secondary N) is 1. The number of amides is 2. The lowest BCUT2D eigenvalue weighted by atomic mass is 10.1. The maximum Gasteiger partial charge on any atom is 0.254 e. The molecule has 0 fully saturated rings. The summed E-state index contributed by atoms with van der Waals surface area (Å²) in [5.74, 6) is 0.246. The Hall–Kier alpha value is -2.73. The van der Waals surface area contributed by atoms with E-state index < -0.39 is 0 Å². The van der Waals surface area contributed by atoms with Crippen LogP contribution in [-0.2, 0) is 4.79 Å². The molecule has 1 aliphatic heterocycles. The van der Waals surface area contributed by atoms with Gasteiger partial charge in [-0.05, 0) is 43.2 Å². The SMILES string of the molecule is Cc1ccc(C)c(NC(=O)CN(C)C(=O)c2cc(Cl)c3c(c2)OCO3)c1. The summed E-state index contributed by atoms with van der Waals surface area (Å²) in [5, 5.41) is 3.14. The van der Waals surface area contributed by atoms with Gasteiger partial charge < -0.3 is 19.7 Å². The summed E-state index contributed by atoms with van der Waals surface area (Å²) in [6, 6.07) is 8.89. The van der Waals surface area contributed by atoms with Crippen LogP contribution < -0.4 is 14.8 Å². The number of ether oxygens (including phenoxy) is 2. The Kier molecular flexibility index (Phi) is 5.04. The van der Waals surface area contributed by atoms with Crippen molar-refractivity contribution >= 4 is 29.1 Å². The van der Waals surface area contributed by atoms with E-state index in [0.717, 1.165) is 16.8 Å². The molecule has 0 bridgehead atoms. The predicted molar refractivity (Wildman–Crippen MR) is 99.1 cm³/mol. The number of aryl methyl sites for hydroxylation is 2. The minimum Gasteiger partial charge on any atom is -0.454 e. The second-order valence-corrected chi connectivity index (χ2v) is 6.63. The number of likely N-dealkylation sites (N-methyl/N-ethyl adjacent to an activating group) is 1. The highest BCUT2D eigenvalue weighted by Crippen LogP contribution is 2.39. The van der Waals surface area contributed by atoms with Crippen molar-refractivity contribution in [2.75, 3.05) is 25.7 Å². The van der Waals surface area contributed by atoms with Gasteiger partial charge >= 0.3 is 0 Å². The highest BCUT2D eigenvalue weighted by Gasteiger charge is 2.23. The van der Waals surface area contributed by atoms with Gasteiger partial charge in [-0.1, -0.05) is 23.7 Å². The van der Waals surface area contributed by atoms with E-state index in [1.807, 2.05) is 32.0 Å². The quantitative estimate of drug-likeness (QED) is 0.890. The van der Waals surface area contributed by atoms with Gasteiger partial charge in [0, 0.05) is 18.3 Å². The van der Waals surface area contributed by atoms with Crippen LogP contribution in [-0.4, -0.2) is 37.1 Å². The number of benzene rings is 2. The lowest BCUT2D eigenvalue weighted by Crippen LogP contribution is -2.35. The van der Waals surface area contributed by atoms with Crippen LogP contribution in [0.5, 0.6) is 11.5 Å². The lowest BCUT2D eigenvalue weighted by Gasteiger charge is -2.18. The van der Waals surface area contributed by atoms with Gasteiger partial charge in [0.2, 0.25) is 12.7 Å². The second-order valence-electron chi connectivity index (χ2n) is 6.22. The third kappa shape index (κ3) is 3.75. The van der Waals surface area contributed by atoms with Crippen molar-refractivity contribution in [1.82, 2.24) is 4.90 Å². The molecule has 0 unspecified atom stereocenters. The number of anilines is 1. The normalized spacial score (nSPS) is 12.0. The Morgan fingerprint density at radius 1 is 1.19 bits per heavy atom. The van der Waals surface area contributed by atoms with E-state index >= 15 is 0 Å². The van der Waals surface area contributed by atoms with Crippen molar-refractivity contribution in [3.63, 3.8) is 0 Å². The van der Waals surface area contributed by atoms with Crippen molar-refractivity contribution in [2.45, 2.75) is 13.8 Å². The zero-order chi connectivity index (χ0) is 18.8. The number of carbonyl (C=O) groups is 2. The molecule has 0 saturated carbocycles. The Bertz CT molecular complexity index is 882. The van der Waals surface area contributed by atoms with E-state index in [1.54, 1.807) is 13.1 Å². The third-order valence-electron chi connectivity index (χ3n) is 4.07. The zero-order valence-electron chi connectivity index (χ0n) is 14.8. The van der Waals surface area contributed by atoms with E-state index in [9.17, 15) is 9.59 Å². The number of hydrogen-bond donors (Lipinski definition) is 1. The summed E-state index contributed by atoms with van der Waals surface area (Å²) in [5.41, 5.74) is 3.08. The topological polar surface area (TPSA) is 67.9 Å². The van der Waals surface area contributed by atoms with Crippen LogP contribution in [0.1, 0.15) is 21.5 Å². The minimum atomic E-state index is -0.332. The van der Waals surface area contributed by atoms with E-state index in [4.69, 9.17) is 21.1 Å². The highest BCUT2D eigenvalue weighted by atomic mass is 35.5. The van der Waals surface area contributed by atoms with E-state index in [2.05, 4.69) is 5.32 Å². The number of nitrogens with zero attached hydrogens (tertiary/aromatic N) is 1. The number of rotatable bonds is 4. The van der Waals surface area contributed by atoms with Crippen LogP contribution >= 0.6 is 11.6 Å². The van der Waals surface area contributed by atoms with Gasteiger partial charge in [0.1, 0.15) is 0 Å². The standard InChI is InChI=1S/C19H19ClN2O4/c1-11-4-5-12(2)15(6-11)21-17(23)9-22(3)19(24)13-7-14(20)18-16(8-13)25-10-26-18/h4-8H,9-10H2,1-3H3,(H,21,23). The second kappa shape index (κ2) is 7.25. The van der Waals surface area contributed by atoms with Crippen LogP contribution in [0.2, 0.25) is 5.02 Å². The zero-order valence-corrected chi connectivity index (χ0v) is 15.5. The molecule has 2 aromatic carbocycles. The molecule has 2 amide bonds. The Morgan fingerprint density at radius 2 is 1.96 bits per heavy atom. The van der Waals surface area contributed by atoms with Gasteiger partial charge in [-0.3, -0.25) is 9.59 Å². The smallest absolute Gasteiger partial charge is 0.254 e. The summed E-state index contributed by atoms with van der Waals surface area (Å²) < 4.78 is 10.5. The first-order valence-corrected chi connectivity index (χ1v) is 8.44. The molecule has 26 heavy (non-hydrogen) atoms. The third-order valence-corrected chi connectivity index (χ3v) is 4.35. The predicted octanol–water partition coefficient (Wildman–Crippen LogP) is 3.40. The van der Waals surface area contributed by atoms with Crippen molar-refractivity contribution in [3.8, 4) is 11.5 Å². The van der Waals surface area contributed by atoms with Gasteiger partial charge in [0.15, 0.2) is 11.5 Å². The average molecular weight is 375 g/mol. The van der Waals surface area contributed by atoms with Crippen LogP contribution in [0.4, 0.5) is 5.69 Å². The number of hydrogen-bond acceptors (Lipinski definition) is 4. The van der Waals surface area contributed by atoms with Crippen molar-refractivity contribution in [3.05, 3.63) is 52.0 Å². The molecule has 0 atom stereocenters. The molecular formula is C19H19ClN2O4. The molecule has 1 N–H and O–H groups in total. The van der Waals surface area contributed by atoms with Gasteiger partial charge in [-0.25, -0.2) is 0 Å². The Balaban J connectivity index is 1.68. The fourth-order valence-corrected chi connectivity index (χ4v) is 2.92. The minimum absolute atomic E-state index is 0.0702. The molecule has 6 nitrogen and oxygen atoms in total. The Labute approximate surface area is 156 Å². The number of fused-ring (bicyclic) bond motifs is 1. The molecule has 3 rings (SSSR count). The van der Waals surface area contributed by atoms with Crippen LogP contribution in [0.15, 0.2) is 30.3 Å². The van der Waals surface area contributed by atoms with Gasteiger partial charge in [0.25, 0.3) is 5.91 Å². The molecule has 1 heterocycles. The fourth-order valence-electron chi connectivity index (χ4n) is 2.66. The van der Waals surface area contributed by atoms with Gasteiger partial charge in [-0.2, -0.15) is 0 Å². The molecule has 7 heteroatoms. The molecule has 0 spiro atoms. The van der Waals surface area contributed by atoms with Gasteiger partial charge in [0.05, 0.1) is 11.6 Å². The maximum atomic E-state index is 12.6. The van der Waals surface area contributed by atoms with Crippen LogP contribution in [0.3, 0.4) is 0 Å². The van der Waals surface area contributed by atoms with Crippen molar-refractivity contribution < 1.29 is 19.1 Å². The number of carbonyl (C=O) groups excluding carboxylic acids is 2. The van der Waals surface area contributed by atoms with Gasteiger partial charge in [-0.15, -0.1) is 0 Å². The van der Waals surface area contributed by atoms with E-state index in [0.29, 0.717) is 22.1 Å². The molecule has 0 radical (unpaired) electrons. The molecular weight excluding hydrogens is 356 g/mol. The monoisotopic (exact) mass is 374 g/mol. The fraction of sp³-hybridized carbons (Fsp3) is 0.263. The molecule has 2 aromatic rings. The van der Waals surface area contributed by atoms with Crippen molar-refractivity contribution in [2.24, 2.45) is 0 Å². The van der Waals surface area contributed by atoms with E-state index in [1.165, 1.54) is 11.0 Å². The molecule has 1 aliphatic rings.